The fraction of sp³-hybridized carbons (Fsp3) is 1.00. The van der Waals surface area contributed by atoms with E-state index in [1.807, 2.05) is 14.0 Å². The van der Waals surface area contributed by atoms with Gasteiger partial charge < -0.3 is 14.8 Å². The van der Waals surface area contributed by atoms with Crippen molar-refractivity contribution in [3.63, 3.8) is 0 Å². The third kappa shape index (κ3) is 6.99. The van der Waals surface area contributed by atoms with Crippen molar-refractivity contribution in [2.75, 3.05) is 53.0 Å². The third-order valence-corrected chi connectivity index (χ3v) is 3.25. The highest BCUT2D eigenvalue weighted by molar-refractivity contribution is 4.73. The van der Waals surface area contributed by atoms with Gasteiger partial charge in [0, 0.05) is 40.0 Å². The number of hydrogen-bond acceptors (Lipinski definition) is 4. The number of piperidine rings is 1. The second-order valence-corrected chi connectivity index (χ2v) is 4.60. The van der Waals surface area contributed by atoms with Crippen LogP contribution in [0.1, 0.15) is 26.2 Å². The first kappa shape index (κ1) is 14.9. The maximum Gasteiger partial charge on any atom is 0.0698 e. The summed E-state index contributed by atoms with van der Waals surface area (Å²) >= 11 is 0. The fourth-order valence-corrected chi connectivity index (χ4v) is 2.21. The van der Waals surface area contributed by atoms with Gasteiger partial charge in [0.25, 0.3) is 0 Å². The van der Waals surface area contributed by atoms with Crippen LogP contribution in [-0.2, 0) is 9.47 Å². The summed E-state index contributed by atoms with van der Waals surface area (Å²) < 4.78 is 10.7. The van der Waals surface area contributed by atoms with Crippen LogP contribution in [0, 0.1) is 0 Å². The molecule has 4 heteroatoms. The van der Waals surface area contributed by atoms with E-state index in [4.69, 9.17) is 9.47 Å². The average Bonchev–Trinajstić information content (AvgIpc) is 2.38. The summed E-state index contributed by atoms with van der Waals surface area (Å²) in [7, 11) is 1.82. The summed E-state index contributed by atoms with van der Waals surface area (Å²) in [4.78, 5) is 2.49. The van der Waals surface area contributed by atoms with Crippen LogP contribution in [0.3, 0.4) is 0 Å². The van der Waals surface area contributed by atoms with Crippen LogP contribution < -0.4 is 5.32 Å². The molecule has 1 aliphatic heterocycles. The summed E-state index contributed by atoms with van der Waals surface area (Å²) in [6, 6.07) is 0. The Hall–Kier alpha value is -0.160. The van der Waals surface area contributed by atoms with E-state index in [1.54, 1.807) is 0 Å². The Kier molecular flexibility index (Phi) is 8.61. The number of nitrogens with one attached hydrogen (secondary N) is 1. The zero-order valence-corrected chi connectivity index (χ0v) is 11.4. The van der Waals surface area contributed by atoms with E-state index in [0.717, 1.165) is 45.8 Å². The van der Waals surface area contributed by atoms with Gasteiger partial charge in [-0.15, -0.1) is 0 Å². The highest BCUT2D eigenvalue weighted by Gasteiger charge is 2.18. The van der Waals surface area contributed by atoms with Gasteiger partial charge in [-0.25, -0.2) is 0 Å². The minimum Gasteiger partial charge on any atom is -0.382 e. The molecular formula is C13H28N2O2. The van der Waals surface area contributed by atoms with E-state index >= 15 is 0 Å². The first-order valence-corrected chi connectivity index (χ1v) is 6.90. The lowest BCUT2D eigenvalue weighted by Crippen LogP contribution is -2.42. The van der Waals surface area contributed by atoms with E-state index in [1.165, 1.54) is 19.4 Å². The van der Waals surface area contributed by atoms with E-state index in [0.29, 0.717) is 6.10 Å². The summed E-state index contributed by atoms with van der Waals surface area (Å²) in [6.45, 7) is 9.32. The maximum atomic E-state index is 5.41. The predicted molar refractivity (Wildman–Crippen MR) is 70.5 cm³/mol. The molecule has 102 valence electrons. The highest BCUT2D eigenvalue weighted by atomic mass is 16.5. The quantitative estimate of drug-likeness (QED) is 0.616. The lowest BCUT2D eigenvalue weighted by atomic mass is 10.1. The molecule has 0 saturated carbocycles. The molecule has 4 nitrogen and oxygen atoms in total. The Balaban J connectivity index is 1.91. The molecule has 1 heterocycles. The van der Waals surface area contributed by atoms with E-state index in [2.05, 4.69) is 10.2 Å². The van der Waals surface area contributed by atoms with Crippen molar-refractivity contribution in [2.24, 2.45) is 0 Å². The lowest BCUT2D eigenvalue weighted by molar-refractivity contribution is 0.0318. The van der Waals surface area contributed by atoms with Crippen molar-refractivity contribution < 1.29 is 9.47 Å². The smallest absolute Gasteiger partial charge is 0.0698 e. The third-order valence-electron chi connectivity index (χ3n) is 3.25. The molecule has 0 aromatic heterocycles. The van der Waals surface area contributed by atoms with Crippen molar-refractivity contribution >= 4 is 0 Å². The van der Waals surface area contributed by atoms with Crippen LogP contribution >= 0.6 is 0 Å². The van der Waals surface area contributed by atoms with E-state index in [9.17, 15) is 0 Å². The minimum absolute atomic E-state index is 0.446. The fourth-order valence-electron chi connectivity index (χ4n) is 2.21. The topological polar surface area (TPSA) is 33.7 Å². The van der Waals surface area contributed by atoms with Crippen molar-refractivity contribution in [1.29, 1.82) is 0 Å². The van der Waals surface area contributed by atoms with E-state index < -0.39 is 0 Å². The van der Waals surface area contributed by atoms with Gasteiger partial charge in [0.15, 0.2) is 0 Å². The summed E-state index contributed by atoms with van der Waals surface area (Å²) in [5, 5.41) is 3.46. The van der Waals surface area contributed by atoms with Gasteiger partial charge in [-0.2, -0.15) is 0 Å². The van der Waals surface area contributed by atoms with Crippen molar-refractivity contribution in [1.82, 2.24) is 10.2 Å². The molecule has 1 saturated heterocycles. The molecule has 0 spiro atoms. The summed E-state index contributed by atoms with van der Waals surface area (Å²) in [5.41, 5.74) is 0. The van der Waals surface area contributed by atoms with Gasteiger partial charge >= 0.3 is 0 Å². The molecule has 0 aliphatic carbocycles. The molecule has 0 aromatic rings. The van der Waals surface area contributed by atoms with Gasteiger partial charge in [-0.3, -0.25) is 4.90 Å². The van der Waals surface area contributed by atoms with Crippen molar-refractivity contribution in [3.8, 4) is 0 Å². The molecule has 17 heavy (non-hydrogen) atoms. The Bertz CT molecular complexity index is 179. The predicted octanol–water partition coefficient (Wildman–Crippen LogP) is 1.11. The lowest BCUT2D eigenvalue weighted by Gasteiger charge is -2.31. The van der Waals surface area contributed by atoms with Crippen LogP contribution in [-0.4, -0.2) is 64.1 Å². The molecule has 1 N–H and O–H groups in total. The minimum atomic E-state index is 0.446. The highest BCUT2D eigenvalue weighted by Crippen LogP contribution is 2.11. The average molecular weight is 244 g/mol. The van der Waals surface area contributed by atoms with Gasteiger partial charge in [-0.1, -0.05) is 0 Å². The van der Waals surface area contributed by atoms with Gasteiger partial charge in [0.1, 0.15) is 0 Å². The molecule has 1 aliphatic rings. The first-order valence-electron chi connectivity index (χ1n) is 6.90. The summed E-state index contributed by atoms with van der Waals surface area (Å²) in [5.74, 6) is 0. The number of likely N-dealkylation sites (tertiary alicyclic amines) is 1. The van der Waals surface area contributed by atoms with Crippen molar-refractivity contribution in [2.45, 2.75) is 32.3 Å². The van der Waals surface area contributed by atoms with Crippen LogP contribution in [0.2, 0.25) is 0 Å². The molecule has 0 aromatic carbocycles. The van der Waals surface area contributed by atoms with Crippen LogP contribution in [0.25, 0.3) is 0 Å². The van der Waals surface area contributed by atoms with Gasteiger partial charge in [0.2, 0.25) is 0 Å². The Labute approximate surface area is 106 Å². The molecule has 1 atom stereocenters. The number of ether oxygens (including phenoxy) is 2. The number of rotatable bonds is 9. The molecular weight excluding hydrogens is 216 g/mol. The van der Waals surface area contributed by atoms with E-state index in [-0.39, 0.29) is 0 Å². The summed E-state index contributed by atoms with van der Waals surface area (Å²) in [6.07, 6.45) is 4.04. The standard InChI is InChI=1S/C13H28N2O2/c1-3-17-11-5-7-14-8-10-15-9-4-6-13(12-15)16-2/h13-14H,3-12H2,1-2H3. The largest absolute Gasteiger partial charge is 0.382 e. The maximum absolute atomic E-state index is 5.41. The normalized spacial score (nSPS) is 21.9. The Morgan fingerprint density at radius 1 is 1.35 bits per heavy atom. The SMILES string of the molecule is CCOCCCNCCN1CCCC(OC)C1. The first-order chi connectivity index (χ1) is 8.36. The molecule has 0 bridgehead atoms. The van der Waals surface area contributed by atoms with Gasteiger partial charge in [0.05, 0.1) is 6.10 Å². The van der Waals surface area contributed by atoms with Crippen LogP contribution in [0.4, 0.5) is 0 Å². The Morgan fingerprint density at radius 2 is 2.24 bits per heavy atom. The van der Waals surface area contributed by atoms with Crippen LogP contribution in [0.15, 0.2) is 0 Å². The van der Waals surface area contributed by atoms with Crippen LogP contribution in [0.5, 0.6) is 0 Å². The second-order valence-electron chi connectivity index (χ2n) is 4.60. The zero-order chi connectivity index (χ0) is 12.3. The monoisotopic (exact) mass is 244 g/mol. The molecule has 1 rings (SSSR count). The number of hydrogen-bond donors (Lipinski definition) is 1. The molecule has 0 radical (unpaired) electrons. The molecule has 0 amide bonds. The number of nitrogens with zero attached hydrogens (tertiary/aromatic N) is 1. The van der Waals surface area contributed by atoms with Gasteiger partial charge in [-0.05, 0) is 39.3 Å². The second kappa shape index (κ2) is 9.83. The zero-order valence-electron chi connectivity index (χ0n) is 11.4. The number of methoxy groups -OCH3 is 1. The van der Waals surface area contributed by atoms with Crippen molar-refractivity contribution in [3.05, 3.63) is 0 Å². The molecule has 1 fully saturated rings. The Morgan fingerprint density at radius 3 is 3.00 bits per heavy atom. The molecule has 1 unspecified atom stereocenters.